The molecule has 5 N–H and O–H groups in total. The van der Waals surface area contributed by atoms with Crippen LogP contribution in [0.3, 0.4) is 0 Å². The number of aliphatic hydroxyl groups is 1. The quantitative estimate of drug-likeness (QED) is 0.397. The third kappa shape index (κ3) is 6.15. The van der Waals surface area contributed by atoms with Crippen molar-refractivity contribution in [3.8, 4) is 0 Å². The van der Waals surface area contributed by atoms with E-state index in [1.54, 1.807) is 0 Å². The molecule has 1 aliphatic heterocycles. The van der Waals surface area contributed by atoms with Crippen molar-refractivity contribution in [2.24, 2.45) is 5.92 Å². The number of carbonyl (C=O) groups is 3. The maximum atomic E-state index is 12.3. The molecule has 8 nitrogen and oxygen atoms in total. The molecule has 132 valence electrons. The molecule has 1 rings (SSSR count). The van der Waals surface area contributed by atoms with Crippen LogP contribution in [0.1, 0.15) is 40.0 Å². The zero-order chi connectivity index (χ0) is 17.6. The van der Waals surface area contributed by atoms with E-state index in [0.29, 0.717) is 12.8 Å². The van der Waals surface area contributed by atoms with E-state index in [2.05, 4.69) is 16.0 Å². The fraction of sp³-hybridized carbons (Fsp3) is 0.800. The highest BCUT2D eigenvalue weighted by molar-refractivity contribution is 5.92. The number of rotatable bonds is 8. The minimum atomic E-state index is -1.40. The van der Waals surface area contributed by atoms with Crippen LogP contribution in [0.15, 0.2) is 0 Å². The number of carboxylic acid groups (broad SMARTS) is 1. The molecule has 1 heterocycles. The van der Waals surface area contributed by atoms with Gasteiger partial charge in [-0.1, -0.05) is 13.8 Å². The standard InChI is InChI=1S/C15H27N3O5/c1-8(2)7-11(17-13(20)10-5-4-6-16-10)14(21)18-12(9(3)19)15(22)23/h8-12,16,19H,4-7H2,1-3H3,(H,17,20)(H,18,21)(H,22,23)/t9-,10+,11+,12+/m1/s1. The molecule has 1 fully saturated rings. The first kappa shape index (κ1) is 19.4. The molecule has 0 radical (unpaired) electrons. The second kappa shape index (κ2) is 8.83. The lowest BCUT2D eigenvalue weighted by Gasteiger charge is -2.25. The Morgan fingerprint density at radius 3 is 2.30 bits per heavy atom. The van der Waals surface area contributed by atoms with Crippen LogP contribution in [0, 0.1) is 5.92 Å². The first-order valence-corrected chi connectivity index (χ1v) is 7.97. The Kier molecular flexibility index (Phi) is 7.44. The fourth-order valence-electron chi connectivity index (χ4n) is 2.53. The SMILES string of the molecule is CC(C)C[C@H](NC(=O)[C@@H]1CCCN1)C(=O)N[C@H](C(=O)O)[C@@H](C)O. The summed E-state index contributed by atoms with van der Waals surface area (Å²) < 4.78 is 0. The van der Waals surface area contributed by atoms with Crippen molar-refractivity contribution in [1.29, 1.82) is 0 Å². The average Bonchev–Trinajstić information content (AvgIpc) is 2.96. The van der Waals surface area contributed by atoms with Gasteiger partial charge in [-0.15, -0.1) is 0 Å². The molecule has 0 aliphatic carbocycles. The number of carboxylic acids is 1. The molecule has 0 saturated carbocycles. The van der Waals surface area contributed by atoms with E-state index in [-0.39, 0.29) is 17.9 Å². The summed E-state index contributed by atoms with van der Waals surface area (Å²) in [7, 11) is 0. The van der Waals surface area contributed by atoms with Crippen LogP contribution in [-0.2, 0) is 14.4 Å². The first-order valence-electron chi connectivity index (χ1n) is 7.97. The third-order valence-corrected chi connectivity index (χ3v) is 3.76. The molecule has 0 spiro atoms. The Morgan fingerprint density at radius 2 is 1.87 bits per heavy atom. The van der Waals surface area contributed by atoms with Gasteiger partial charge in [-0.05, 0) is 38.6 Å². The van der Waals surface area contributed by atoms with Crippen LogP contribution in [0.25, 0.3) is 0 Å². The van der Waals surface area contributed by atoms with Crippen LogP contribution in [0.2, 0.25) is 0 Å². The highest BCUT2D eigenvalue weighted by Gasteiger charge is 2.31. The summed E-state index contributed by atoms with van der Waals surface area (Å²) in [5.74, 6) is -2.04. The Hall–Kier alpha value is -1.67. The molecular formula is C15H27N3O5. The largest absolute Gasteiger partial charge is 0.480 e. The lowest BCUT2D eigenvalue weighted by molar-refractivity contribution is -0.145. The predicted molar refractivity (Wildman–Crippen MR) is 83.7 cm³/mol. The number of aliphatic hydroxyl groups excluding tert-OH is 1. The number of amides is 2. The van der Waals surface area contributed by atoms with Gasteiger partial charge in [0, 0.05) is 0 Å². The maximum Gasteiger partial charge on any atom is 0.328 e. The van der Waals surface area contributed by atoms with Crippen molar-refractivity contribution in [3.63, 3.8) is 0 Å². The number of aliphatic carboxylic acids is 1. The highest BCUT2D eigenvalue weighted by atomic mass is 16.4. The summed E-state index contributed by atoms with van der Waals surface area (Å²) in [6, 6.07) is -2.55. The van der Waals surface area contributed by atoms with Gasteiger partial charge in [0.1, 0.15) is 6.04 Å². The van der Waals surface area contributed by atoms with Crippen LogP contribution in [0.5, 0.6) is 0 Å². The fourth-order valence-corrected chi connectivity index (χ4v) is 2.53. The highest BCUT2D eigenvalue weighted by Crippen LogP contribution is 2.09. The van der Waals surface area contributed by atoms with E-state index in [0.717, 1.165) is 13.0 Å². The molecule has 0 bridgehead atoms. The lowest BCUT2D eigenvalue weighted by atomic mass is 10.0. The van der Waals surface area contributed by atoms with Gasteiger partial charge in [-0.3, -0.25) is 9.59 Å². The smallest absolute Gasteiger partial charge is 0.328 e. The predicted octanol–water partition coefficient (Wildman–Crippen LogP) is -0.780. The molecule has 0 aromatic heterocycles. The Balaban J connectivity index is 2.73. The topological polar surface area (TPSA) is 128 Å². The lowest BCUT2D eigenvalue weighted by Crippen LogP contribution is -2.56. The van der Waals surface area contributed by atoms with Crippen molar-refractivity contribution in [3.05, 3.63) is 0 Å². The van der Waals surface area contributed by atoms with E-state index in [4.69, 9.17) is 5.11 Å². The average molecular weight is 329 g/mol. The summed E-state index contributed by atoms with van der Waals surface area (Å²) in [5.41, 5.74) is 0. The number of nitrogens with one attached hydrogen (secondary N) is 3. The van der Waals surface area contributed by atoms with Gasteiger partial charge in [0.2, 0.25) is 11.8 Å². The zero-order valence-corrected chi connectivity index (χ0v) is 13.8. The summed E-state index contributed by atoms with van der Waals surface area (Å²) in [6.45, 7) is 5.87. The molecule has 1 aliphatic rings. The van der Waals surface area contributed by atoms with Crippen molar-refractivity contribution in [2.75, 3.05) is 6.54 Å². The van der Waals surface area contributed by atoms with Crippen molar-refractivity contribution < 1.29 is 24.6 Å². The van der Waals surface area contributed by atoms with Gasteiger partial charge in [-0.25, -0.2) is 4.79 Å². The summed E-state index contributed by atoms with van der Waals surface area (Å²) in [5, 5.41) is 26.5. The second-order valence-corrected chi connectivity index (χ2v) is 6.40. The molecule has 0 aromatic carbocycles. The Bertz CT molecular complexity index is 433. The number of hydrogen-bond donors (Lipinski definition) is 5. The Labute approximate surface area is 136 Å². The molecule has 8 heteroatoms. The molecule has 0 aromatic rings. The summed E-state index contributed by atoms with van der Waals surface area (Å²) in [6.07, 6.45) is 0.773. The molecular weight excluding hydrogens is 302 g/mol. The minimum Gasteiger partial charge on any atom is -0.480 e. The number of hydrogen-bond acceptors (Lipinski definition) is 5. The van der Waals surface area contributed by atoms with Crippen LogP contribution in [-0.4, -0.2) is 58.8 Å². The molecule has 0 unspecified atom stereocenters. The monoisotopic (exact) mass is 329 g/mol. The zero-order valence-electron chi connectivity index (χ0n) is 13.8. The van der Waals surface area contributed by atoms with Gasteiger partial charge in [0.05, 0.1) is 12.1 Å². The minimum absolute atomic E-state index is 0.136. The second-order valence-electron chi connectivity index (χ2n) is 6.40. The van der Waals surface area contributed by atoms with Crippen LogP contribution < -0.4 is 16.0 Å². The van der Waals surface area contributed by atoms with E-state index >= 15 is 0 Å². The van der Waals surface area contributed by atoms with Crippen molar-refractivity contribution in [2.45, 2.75) is 64.3 Å². The van der Waals surface area contributed by atoms with Gasteiger partial charge in [-0.2, -0.15) is 0 Å². The summed E-state index contributed by atoms with van der Waals surface area (Å²) >= 11 is 0. The van der Waals surface area contributed by atoms with Crippen molar-refractivity contribution in [1.82, 2.24) is 16.0 Å². The van der Waals surface area contributed by atoms with Gasteiger partial charge in [0.15, 0.2) is 6.04 Å². The molecule has 23 heavy (non-hydrogen) atoms. The summed E-state index contributed by atoms with van der Waals surface area (Å²) in [4.78, 5) is 35.6. The third-order valence-electron chi connectivity index (χ3n) is 3.76. The van der Waals surface area contributed by atoms with Gasteiger partial charge in [0.25, 0.3) is 0 Å². The normalized spacial score (nSPS) is 21.5. The van der Waals surface area contributed by atoms with E-state index in [1.165, 1.54) is 6.92 Å². The first-order chi connectivity index (χ1) is 10.7. The van der Waals surface area contributed by atoms with Crippen LogP contribution in [0.4, 0.5) is 0 Å². The van der Waals surface area contributed by atoms with E-state index in [1.807, 2.05) is 13.8 Å². The van der Waals surface area contributed by atoms with Crippen LogP contribution >= 0.6 is 0 Å². The molecule has 2 amide bonds. The maximum absolute atomic E-state index is 12.3. The number of carbonyl (C=O) groups excluding carboxylic acids is 2. The van der Waals surface area contributed by atoms with Gasteiger partial charge >= 0.3 is 5.97 Å². The molecule has 1 saturated heterocycles. The molecule has 4 atom stereocenters. The van der Waals surface area contributed by atoms with E-state index < -0.39 is 30.1 Å². The Morgan fingerprint density at radius 1 is 1.22 bits per heavy atom. The van der Waals surface area contributed by atoms with Crippen molar-refractivity contribution >= 4 is 17.8 Å². The van der Waals surface area contributed by atoms with Gasteiger partial charge < -0.3 is 26.2 Å². The van der Waals surface area contributed by atoms with E-state index in [9.17, 15) is 19.5 Å².